The van der Waals surface area contributed by atoms with Gasteiger partial charge in [0, 0.05) is 0 Å². The van der Waals surface area contributed by atoms with Crippen LogP contribution in [0.5, 0.6) is 0 Å². The van der Waals surface area contributed by atoms with Gasteiger partial charge in [-0.3, -0.25) is 24.6 Å². The number of imide groups is 2. The molecule has 0 aromatic heterocycles. The van der Waals surface area contributed by atoms with Crippen molar-refractivity contribution in [3.05, 3.63) is 0 Å². The summed E-state index contributed by atoms with van der Waals surface area (Å²) in [5, 5.41) is 4.58. The normalized spacial score (nSPS) is 25.0. The lowest BCUT2D eigenvalue weighted by atomic mass is 9.73. The summed E-state index contributed by atoms with van der Waals surface area (Å²) >= 11 is 0. The second-order valence-electron chi connectivity index (χ2n) is 6.37. The average Bonchev–Trinajstić information content (AvgIpc) is 2.81. The van der Waals surface area contributed by atoms with Crippen molar-refractivity contribution >= 4 is 29.9 Å². The van der Waals surface area contributed by atoms with Gasteiger partial charge in [-0.1, -0.05) is 19.8 Å². The van der Waals surface area contributed by atoms with Crippen LogP contribution < -0.4 is 10.6 Å². The van der Waals surface area contributed by atoms with E-state index >= 15 is 0 Å². The number of rotatable bonds is 5. The molecular weight excluding hydrogens is 346 g/mol. The Labute approximate surface area is 150 Å². The molecule has 2 aliphatic rings. The van der Waals surface area contributed by atoms with E-state index in [0.29, 0.717) is 6.42 Å². The van der Waals surface area contributed by atoms with Gasteiger partial charge in [0.1, 0.15) is 12.1 Å². The molecule has 0 aromatic carbocycles. The van der Waals surface area contributed by atoms with E-state index in [2.05, 4.69) is 10.1 Å². The highest BCUT2D eigenvalue weighted by Gasteiger charge is 2.55. The van der Waals surface area contributed by atoms with E-state index in [4.69, 9.17) is 4.74 Å². The maximum atomic E-state index is 12.7. The number of nitrogens with zero attached hydrogens (tertiary/aromatic N) is 1. The highest BCUT2D eigenvalue weighted by Crippen LogP contribution is 2.38. The van der Waals surface area contributed by atoms with Crippen LogP contribution in [0.2, 0.25) is 0 Å². The van der Waals surface area contributed by atoms with Gasteiger partial charge in [-0.05, 0) is 25.7 Å². The Morgan fingerprint density at radius 1 is 1.27 bits per heavy atom. The minimum atomic E-state index is -0.961. The Balaban J connectivity index is 1.87. The van der Waals surface area contributed by atoms with E-state index in [1.165, 1.54) is 0 Å². The van der Waals surface area contributed by atoms with Crippen LogP contribution in [-0.2, 0) is 23.9 Å². The molecule has 0 bridgehead atoms. The lowest BCUT2D eigenvalue weighted by Crippen LogP contribution is -2.54. The molecule has 1 aliphatic carbocycles. The van der Waals surface area contributed by atoms with Crippen LogP contribution in [0.3, 0.4) is 0 Å². The van der Waals surface area contributed by atoms with Crippen molar-refractivity contribution in [3.63, 3.8) is 0 Å². The number of hydrogen-bond acceptors (Lipinski definition) is 7. The Morgan fingerprint density at radius 3 is 2.65 bits per heavy atom. The molecule has 2 fully saturated rings. The van der Waals surface area contributed by atoms with E-state index in [-0.39, 0.29) is 12.5 Å². The summed E-state index contributed by atoms with van der Waals surface area (Å²) in [6.45, 7) is 2.25. The molecule has 1 saturated carbocycles. The molecule has 144 valence electrons. The number of amides is 5. The van der Waals surface area contributed by atoms with Gasteiger partial charge in [-0.2, -0.15) is 0 Å². The first-order valence-corrected chi connectivity index (χ1v) is 8.56. The Kier molecular flexibility index (Phi) is 6.17. The van der Waals surface area contributed by atoms with Gasteiger partial charge in [-0.25, -0.2) is 9.59 Å². The zero-order valence-electron chi connectivity index (χ0n) is 14.8. The first kappa shape index (κ1) is 19.7. The number of nitrogens with one attached hydrogen (secondary N) is 2. The van der Waals surface area contributed by atoms with Crippen molar-refractivity contribution < 1.29 is 33.4 Å². The quantitative estimate of drug-likeness (QED) is 0.526. The third-order valence-corrected chi connectivity index (χ3v) is 4.67. The summed E-state index contributed by atoms with van der Waals surface area (Å²) in [5.41, 5.74) is -0.961. The van der Waals surface area contributed by atoms with Crippen molar-refractivity contribution in [2.24, 2.45) is 5.92 Å². The predicted octanol–water partition coefficient (Wildman–Crippen LogP) is 0.303. The smallest absolute Gasteiger partial charge is 0.413 e. The average molecular weight is 369 g/mol. The fourth-order valence-corrected chi connectivity index (χ4v) is 3.28. The molecule has 1 saturated heterocycles. The lowest BCUT2D eigenvalue weighted by Gasteiger charge is -2.36. The molecule has 10 nitrogen and oxygen atoms in total. The number of carbonyl (C=O) groups excluding carboxylic acids is 5. The zero-order valence-corrected chi connectivity index (χ0v) is 14.8. The third kappa shape index (κ3) is 4.12. The molecule has 0 aromatic rings. The van der Waals surface area contributed by atoms with E-state index in [1.54, 1.807) is 6.92 Å². The highest BCUT2D eigenvalue weighted by atomic mass is 16.6. The van der Waals surface area contributed by atoms with Crippen LogP contribution in [0.15, 0.2) is 0 Å². The van der Waals surface area contributed by atoms with Crippen molar-refractivity contribution in [3.8, 4) is 0 Å². The summed E-state index contributed by atoms with van der Waals surface area (Å²) in [4.78, 5) is 60.0. The van der Waals surface area contributed by atoms with Gasteiger partial charge in [-0.15, -0.1) is 0 Å². The van der Waals surface area contributed by atoms with Gasteiger partial charge in [0.15, 0.2) is 6.61 Å². The molecule has 2 N–H and O–H groups in total. The second-order valence-corrected chi connectivity index (χ2v) is 6.37. The molecule has 1 spiro atoms. The SMILES string of the molecule is CCOC(=O)NC(=O)COC(=O)CN1C(=O)N[C@]2(CCCC[C@H]2C)C1=O. The van der Waals surface area contributed by atoms with E-state index in [0.717, 1.165) is 24.2 Å². The standard InChI is InChI=1S/C16H23N3O7/c1-3-25-15(24)17-11(20)9-26-12(21)8-19-13(22)16(18-14(19)23)7-5-4-6-10(16)2/h10H,3-9H2,1-2H3,(H,18,23)(H,17,20,24)/t10-,16+/m1/s1. The molecule has 10 heteroatoms. The van der Waals surface area contributed by atoms with Crippen LogP contribution in [0, 0.1) is 5.92 Å². The predicted molar refractivity (Wildman–Crippen MR) is 86.7 cm³/mol. The van der Waals surface area contributed by atoms with Crippen molar-refractivity contribution in [1.82, 2.24) is 15.5 Å². The third-order valence-electron chi connectivity index (χ3n) is 4.67. The van der Waals surface area contributed by atoms with Crippen LogP contribution in [0.1, 0.15) is 39.5 Å². The highest BCUT2D eigenvalue weighted by molar-refractivity contribution is 6.09. The van der Waals surface area contributed by atoms with Crippen LogP contribution in [0.25, 0.3) is 0 Å². The minimum absolute atomic E-state index is 0.0240. The Morgan fingerprint density at radius 2 is 2.00 bits per heavy atom. The van der Waals surface area contributed by atoms with E-state index in [1.807, 2.05) is 12.2 Å². The summed E-state index contributed by atoms with van der Waals surface area (Å²) in [6, 6.07) is -0.642. The number of esters is 1. The Bertz CT molecular complexity index is 621. The number of urea groups is 1. The van der Waals surface area contributed by atoms with Gasteiger partial charge >= 0.3 is 18.1 Å². The number of hydrogen-bond donors (Lipinski definition) is 2. The topological polar surface area (TPSA) is 131 Å². The lowest BCUT2D eigenvalue weighted by molar-refractivity contribution is -0.151. The van der Waals surface area contributed by atoms with Crippen LogP contribution in [0.4, 0.5) is 9.59 Å². The van der Waals surface area contributed by atoms with Gasteiger partial charge in [0.25, 0.3) is 11.8 Å². The monoisotopic (exact) mass is 369 g/mol. The largest absolute Gasteiger partial charge is 0.454 e. The molecular formula is C16H23N3O7. The number of carbonyl (C=O) groups is 5. The first-order valence-electron chi connectivity index (χ1n) is 8.56. The first-order chi connectivity index (χ1) is 12.3. The van der Waals surface area contributed by atoms with Crippen LogP contribution >= 0.6 is 0 Å². The number of ether oxygens (including phenoxy) is 2. The molecule has 5 amide bonds. The Hall–Kier alpha value is -2.65. The molecule has 0 unspecified atom stereocenters. The minimum Gasteiger partial charge on any atom is -0.454 e. The summed E-state index contributed by atoms with van der Waals surface area (Å²) < 4.78 is 9.22. The van der Waals surface area contributed by atoms with E-state index < -0.39 is 48.6 Å². The second kappa shape index (κ2) is 8.15. The van der Waals surface area contributed by atoms with Gasteiger partial charge < -0.3 is 14.8 Å². The summed E-state index contributed by atoms with van der Waals surface area (Å²) in [6.07, 6.45) is 2.22. The molecule has 26 heavy (non-hydrogen) atoms. The van der Waals surface area contributed by atoms with Crippen molar-refractivity contribution in [2.75, 3.05) is 19.8 Å². The molecule has 1 heterocycles. The fraction of sp³-hybridized carbons (Fsp3) is 0.688. The van der Waals surface area contributed by atoms with Gasteiger partial charge in [0.05, 0.1) is 6.61 Å². The van der Waals surface area contributed by atoms with Gasteiger partial charge in [0.2, 0.25) is 0 Å². The van der Waals surface area contributed by atoms with Crippen LogP contribution in [-0.4, -0.2) is 60.1 Å². The molecule has 1 aliphatic heterocycles. The van der Waals surface area contributed by atoms with Crippen molar-refractivity contribution in [2.45, 2.75) is 45.1 Å². The maximum absolute atomic E-state index is 12.7. The maximum Gasteiger partial charge on any atom is 0.413 e. The van der Waals surface area contributed by atoms with E-state index in [9.17, 15) is 24.0 Å². The number of alkyl carbamates (subject to hydrolysis) is 1. The van der Waals surface area contributed by atoms with Crippen molar-refractivity contribution in [1.29, 1.82) is 0 Å². The summed E-state index contributed by atoms with van der Waals surface area (Å²) in [5.74, 6) is -2.26. The molecule has 0 radical (unpaired) electrons. The zero-order chi connectivity index (χ0) is 19.3. The summed E-state index contributed by atoms with van der Waals surface area (Å²) in [7, 11) is 0. The molecule has 2 rings (SSSR count). The molecule has 2 atom stereocenters. The fourth-order valence-electron chi connectivity index (χ4n) is 3.28.